The van der Waals surface area contributed by atoms with Crippen LogP contribution in [0.3, 0.4) is 0 Å². The van der Waals surface area contributed by atoms with Crippen molar-refractivity contribution in [2.24, 2.45) is 5.73 Å². The van der Waals surface area contributed by atoms with E-state index in [0.717, 1.165) is 26.2 Å². The van der Waals surface area contributed by atoms with Gasteiger partial charge in [0.05, 0.1) is 17.3 Å². The van der Waals surface area contributed by atoms with Crippen LogP contribution in [0.15, 0.2) is 18.2 Å². The summed E-state index contributed by atoms with van der Waals surface area (Å²) in [4.78, 5) is 25.1. The number of nitrogens with zero attached hydrogens (tertiary/aromatic N) is 1. The highest BCUT2D eigenvalue weighted by molar-refractivity contribution is 6.33. The summed E-state index contributed by atoms with van der Waals surface area (Å²) in [5.41, 5.74) is 5.92. The summed E-state index contributed by atoms with van der Waals surface area (Å²) in [6.45, 7) is 3.74. The molecular formula is C13H17ClN4O2. The Morgan fingerprint density at radius 2 is 2.05 bits per heavy atom. The Bertz CT molecular complexity index is 515. The zero-order valence-corrected chi connectivity index (χ0v) is 11.7. The maximum absolute atomic E-state index is 12.0. The lowest BCUT2D eigenvalue weighted by Gasteiger charge is -2.26. The number of hydrogen-bond donors (Lipinski definition) is 3. The van der Waals surface area contributed by atoms with E-state index in [4.69, 9.17) is 17.3 Å². The summed E-state index contributed by atoms with van der Waals surface area (Å²) < 4.78 is 0. The molecule has 7 heteroatoms. The minimum Gasteiger partial charge on any atom is -0.366 e. The SMILES string of the molecule is NC(=O)c1ccc(Cl)c(NC(=O)CN2CCNCC2)c1. The Labute approximate surface area is 122 Å². The number of benzene rings is 1. The van der Waals surface area contributed by atoms with Crippen LogP contribution in [0.2, 0.25) is 5.02 Å². The highest BCUT2D eigenvalue weighted by atomic mass is 35.5. The van der Waals surface area contributed by atoms with Gasteiger partial charge in [0, 0.05) is 31.7 Å². The van der Waals surface area contributed by atoms with Crippen LogP contribution in [0.4, 0.5) is 5.69 Å². The third kappa shape index (κ3) is 3.93. The van der Waals surface area contributed by atoms with Crippen molar-refractivity contribution in [3.05, 3.63) is 28.8 Å². The number of amides is 2. The molecule has 2 amide bonds. The predicted molar refractivity (Wildman–Crippen MR) is 77.9 cm³/mol. The van der Waals surface area contributed by atoms with Gasteiger partial charge in [0.15, 0.2) is 0 Å². The van der Waals surface area contributed by atoms with Crippen molar-refractivity contribution in [3.8, 4) is 0 Å². The van der Waals surface area contributed by atoms with Crippen molar-refractivity contribution in [2.45, 2.75) is 0 Å². The van der Waals surface area contributed by atoms with Crippen molar-refractivity contribution >= 4 is 29.1 Å². The Hall–Kier alpha value is -1.63. The van der Waals surface area contributed by atoms with Gasteiger partial charge >= 0.3 is 0 Å². The molecule has 0 saturated carbocycles. The number of primary amides is 1. The Morgan fingerprint density at radius 1 is 1.35 bits per heavy atom. The fraction of sp³-hybridized carbons (Fsp3) is 0.385. The second-order valence-electron chi connectivity index (χ2n) is 4.63. The first-order chi connectivity index (χ1) is 9.56. The molecule has 1 heterocycles. The minimum absolute atomic E-state index is 0.157. The van der Waals surface area contributed by atoms with Crippen LogP contribution in [0, 0.1) is 0 Å². The smallest absolute Gasteiger partial charge is 0.248 e. The number of hydrogen-bond acceptors (Lipinski definition) is 4. The van der Waals surface area contributed by atoms with Crippen LogP contribution in [-0.2, 0) is 4.79 Å². The van der Waals surface area contributed by atoms with E-state index >= 15 is 0 Å². The van der Waals surface area contributed by atoms with E-state index in [-0.39, 0.29) is 5.91 Å². The fourth-order valence-corrected chi connectivity index (χ4v) is 2.20. The average Bonchev–Trinajstić information content (AvgIpc) is 2.42. The Kier molecular flexibility index (Phi) is 4.94. The highest BCUT2D eigenvalue weighted by Crippen LogP contribution is 2.22. The molecule has 1 saturated heterocycles. The van der Waals surface area contributed by atoms with Crippen molar-refractivity contribution in [1.82, 2.24) is 10.2 Å². The quantitative estimate of drug-likeness (QED) is 0.745. The number of halogens is 1. The van der Waals surface area contributed by atoms with Gasteiger partial charge in [-0.2, -0.15) is 0 Å². The standard InChI is InChI=1S/C13H17ClN4O2/c14-10-2-1-9(13(15)20)7-11(10)17-12(19)8-18-5-3-16-4-6-18/h1-2,7,16H,3-6,8H2,(H2,15,20)(H,17,19). The van der Waals surface area contributed by atoms with Crippen LogP contribution in [-0.4, -0.2) is 49.4 Å². The average molecular weight is 297 g/mol. The van der Waals surface area contributed by atoms with Crippen LogP contribution >= 0.6 is 11.6 Å². The maximum atomic E-state index is 12.0. The molecule has 2 rings (SSSR count). The summed E-state index contributed by atoms with van der Waals surface area (Å²) in [5, 5.41) is 6.31. The molecule has 4 N–H and O–H groups in total. The molecule has 20 heavy (non-hydrogen) atoms. The molecule has 1 aliphatic heterocycles. The van der Waals surface area contributed by atoms with Gasteiger partial charge in [0.25, 0.3) is 0 Å². The van der Waals surface area contributed by atoms with Gasteiger partial charge in [0.1, 0.15) is 0 Å². The monoisotopic (exact) mass is 296 g/mol. The lowest BCUT2D eigenvalue weighted by atomic mass is 10.2. The number of nitrogens with one attached hydrogen (secondary N) is 2. The minimum atomic E-state index is -0.556. The normalized spacial score (nSPS) is 15.8. The molecular weight excluding hydrogens is 280 g/mol. The molecule has 0 aromatic heterocycles. The molecule has 0 spiro atoms. The molecule has 1 aliphatic rings. The molecule has 0 radical (unpaired) electrons. The Morgan fingerprint density at radius 3 is 2.70 bits per heavy atom. The molecule has 108 valence electrons. The molecule has 0 bridgehead atoms. The molecule has 6 nitrogen and oxygen atoms in total. The van der Waals surface area contributed by atoms with E-state index in [9.17, 15) is 9.59 Å². The van der Waals surface area contributed by atoms with Crippen molar-refractivity contribution in [3.63, 3.8) is 0 Å². The zero-order valence-electron chi connectivity index (χ0n) is 11.0. The van der Waals surface area contributed by atoms with Crippen LogP contribution in [0.5, 0.6) is 0 Å². The zero-order chi connectivity index (χ0) is 14.5. The molecule has 1 aromatic rings. The summed E-state index contributed by atoms with van der Waals surface area (Å²) in [5.74, 6) is -0.713. The lowest BCUT2D eigenvalue weighted by molar-refractivity contribution is -0.117. The van der Waals surface area contributed by atoms with Crippen LogP contribution < -0.4 is 16.4 Å². The highest BCUT2D eigenvalue weighted by Gasteiger charge is 2.15. The molecule has 1 aromatic carbocycles. The van der Waals surface area contributed by atoms with E-state index < -0.39 is 5.91 Å². The van der Waals surface area contributed by atoms with Crippen LogP contribution in [0.1, 0.15) is 10.4 Å². The lowest BCUT2D eigenvalue weighted by Crippen LogP contribution is -2.46. The summed E-state index contributed by atoms with van der Waals surface area (Å²) in [6, 6.07) is 4.55. The maximum Gasteiger partial charge on any atom is 0.248 e. The van der Waals surface area contributed by atoms with E-state index in [1.165, 1.54) is 12.1 Å². The van der Waals surface area contributed by atoms with E-state index in [0.29, 0.717) is 22.8 Å². The number of anilines is 1. The first-order valence-corrected chi connectivity index (χ1v) is 6.76. The predicted octanol–water partition coefficient (Wildman–Crippen LogP) is 0.283. The van der Waals surface area contributed by atoms with Gasteiger partial charge in [-0.3, -0.25) is 14.5 Å². The Balaban J connectivity index is 1.99. The molecule has 1 fully saturated rings. The van der Waals surface area contributed by atoms with Gasteiger partial charge in [-0.1, -0.05) is 11.6 Å². The molecule has 0 atom stereocenters. The third-order valence-electron chi connectivity index (χ3n) is 3.10. The largest absolute Gasteiger partial charge is 0.366 e. The summed E-state index contributed by atoms with van der Waals surface area (Å²) >= 11 is 6.00. The number of piperazine rings is 1. The second kappa shape index (κ2) is 6.69. The van der Waals surface area contributed by atoms with Gasteiger partial charge < -0.3 is 16.4 Å². The van der Waals surface area contributed by atoms with E-state index in [2.05, 4.69) is 15.5 Å². The number of rotatable bonds is 4. The summed E-state index contributed by atoms with van der Waals surface area (Å²) in [7, 11) is 0. The number of carbonyl (C=O) groups excluding carboxylic acids is 2. The first-order valence-electron chi connectivity index (χ1n) is 6.38. The number of carbonyl (C=O) groups is 2. The topological polar surface area (TPSA) is 87.5 Å². The van der Waals surface area contributed by atoms with Crippen molar-refractivity contribution in [1.29, 1.82) is 0 Å². The second-order valence-corrected chi connectivity index (χ2v) is 5.04. The van der Waals surface area contributed by atoms with E-state index in [1.807, 2.05) is 0 Å². The van der Waals surface area contributed by atoms with Gasteiger partial charge in [-0.05, 0) is 18.2 Å². The van der Waals surface area contributed by atoms with Crippen molar-refractivity contribution < 1.29 is 9.59 Å². The van der Waals surface area contributed by atoms with Gasteiger partial charge in [-0.15, -0.1) is 0 Å². The summed E-state index contributed by atoms with van der Waals surface area (Å²) in [6.07, 6.45) is 0. The van der Waals surface area contributed by atoms with E-state index in [1.54, 1.807) is 6.07 Å². The van der Waals surface area contributed by atoms with Crippen molar-refractivity contribution in [2.75, 3.05) is 38.0 Å². The van der Waals surface area contributed by atoms with Crippen LogP contribution in [0.25, 0.3) is 0 Å². The van der Waals surface area contributed by atoms with Gasteiger partial charge in [0.2, 0.25) is 11.8 Å². The third-order valence-corrected chi connectivity index (χ3v) is 3.43. The molecule has 0 unspecified atom stereocenters. The van der Waals surface area contributed by atoms with Gasteiger partial charge in [-0.25, -0.2) is 0 Å². The number of nitrogens with two attached hydrogens (primary N) is 1. The molecule has 0 aliphatic carbocycles. The fourth-order valence-electron chi connectivity index (χ4n) is 2.04. The first kappa shape index (κ1) is 14.8.